The summed E-state index contributed by atoms with van der Waals surface area (Å²) in [4.78, 5) is 1.56. The van der Waals surface area contributed by atoms with Gasteiger partial charge >= 0.3 is 0 Å². The van der Waals surface area contributed by atoms with Gasteiger partial charge in [0.05, 0.1) is 6.54 Å². The second-order valence-electron chi connectivity index (χ2n) is 4.83. The smallest absolute Gasteiger partial charge is 0.251 e. The maximum absolute atomic E-state index is 12.3. The van der Waals surface area contributed by atoms with Crippen molar-refractivity contribution in [3.8, 4) is 0 Å². The fraction of sp³-hybridized carbons (Fsp3) is 0.333. The van der Waals surface area contributed by atoms with Gasteiger partial charge in [-0.05, 0) is 29.4 Å². The quantitative estimate of drug-likeness (QED) is 0.899. The molecule has 0 amide bonds. The minimum Gasteiger partial charge on any atom is -0.323 e. The Morgan fingerprint density at radius 1 is 1.05 bits per heavy atom. The van der Waals surface area contributed by atoms with Crippen molar-refractivity contribution in [1.29, 1.82) is 0 Å². The van der Waals surface area contributed by atoms with Crippen LogP contribution in [0.3, 0.4) is 0 Å². The molecule has 1 atom stereocenters. The van der Waals surface area contributed by atoms with Crippen LogP contribution >= 0.6 is 0 Å². The van der Waals surface area contributed by atoms with E-state index in [1.54, 1.807) is 11.9 Å². The Kier molecular flexibility index (Phi) is 4.45. The van der Waals surface area contributed by atoms with Gasteiger partial charge in [-0.3, -0.25) is 4.90 Å². The minimum absolute atomic E-state index is 0.249. The summed E-state index contributed by atoms with van der Waals surface area (Å²) in [7, 11) is 1.66. The molecule has 2 rings (SSSR count). The predicted octanol–water partition coefficient (Wildman–Crippen LogP) is 3.04. The molecule has 19 heavy (non-hydrogen) atoms. The predicted molar refractivity (Wildman–Crippen MR) is 74.4 cm³/mol. The van der Waals surface area contributed by atoms with E-state index in [1.807, 2.05) is 42.5 Å². The topological polar surface area (TPSA) is 29.3 Å². The van der Waals surface area contributed by atoms with Crippen LogP contribution < -0.4 is 5.73 Å². The van der Waals surface area contributed by atoms with Crippen molar-refractivity contribution in [1.82, 2.24) is 4.90 Å². The Morgan fingerprint density at radius 3 is 2.42 bits per heavy atom. The molecule has 0 saturated carbocycles. The lowest BCUT2D eigenvalue weighted by Gasteiger charge is -2.21. The van der Waals surface area contributed by atoms with E-state index in [2.05, 4.69) is 0 Å². The van der Waals surface area contributed by atoms with Crippen molar-refractivity contribution in [3.05, 3.63) is 48.0 Å². The highest BCUT2D eigenvalue weighted by molar-refractivity contribution is 5.83. The molecule has 0 aliphatic rings. The van der Waals surface area contributed by atoms with Gasteiger partial charge in [0.25, 0.3) is 6.43 Å². The van der Waals surface area contributed by atoms with Crippen LogP contribution in [-0.2, 0) is 0 Å². The Morgan fingerprint density at radius 2 is 1.74 bits per heavy atom. The molecular formula is C15H18F2N2. The first-order chi connectivity index (χ1) is 9.06. The average molecular weight is 264 g/mol. The first kappa shape index (κ1) is 13.9. The van der Waals surface area contributed by atoms with Crippen molar-refractivity contribution in [3.63, 3.8) is 0 Å². The van der Waals surface area contributed by atoms with Crippen LogP contribution in [-0.4, -0.2) is 31.5 Å². The van der Waals surface area contributed by atoms with E-state index >= 15 is 0 Å². The van der Waals surface area contributed by atoms with Gasteiger partial charge in [-0.15, -0.1) is 0 Å². The number of halogens is 2. The summed E-state index contributed by atoms with van der Waals surface area (Å²) in [5.74, 6) is 0. The molecule has 2 nitrogen and oxygen atoms in total. The average Bonchev–Trinajstić information content (AvgIpc) is 2.37. The number of likely N-dealkylation sites (N-methyl/N-ethyl adjacent to an activating group) is 1. The number of hydrogen-bond donors (Lipinski definition) is 1. The Balaban J connectivity index is 2.10. The summed E-state index contributed by atoms with van der Waals surface area (Å²) in [5, 5.41) is 2.27. The number of benzene rings is 2. The minimum atomic E-state index is -2.33. The molecule has 0 radical (unpaired) electrons. The Hall–Kier alpha value is -1.52. The molecule has 0 bridgehead atoms. The number of nitrogens with zero attached hydrogens (tertiary/aromatic N) is 1. The molecule has 1 unspecified atom stereocenters. The van der Waals surface area contributed by atoms with Gasteiger partial charge in [0, 0.05) is 12.6 Å². The van der Waals surface area contributed by atoms with Crippen LogP contribution in [0.25, 0.3) is 10.8 Å². The van der Waals surface area contributed by atoms with E-state index in [0.29, 0.717) is 6.54 Å². The van der Waals surface area contributed by atoms with Crippen LogP contribution in [0, 0.1) is 0 Å². The first-order valence-electron chi connectivity index (χ1n) is 6.27. The van der Waals surface area contributed by atoms with Crippen molar-refractivity contribution in [2.45, 2.75) is 12.5 Å². The van der Waals surface area contributed by atoms with Gasteiger partial charge in [0.2, 0.25) is 0 Å². The third-order valence-corrected chi connectivity index (χ3v) is 3.16. The maximum atomic E-state index is 12.3. The molecule has 4 heteroatoms. The molecule has 0 saturated heterocycles. The van der Waals surface area contributed by atoms with Crippen LogP contribution in [0.4, 0.5) is 8.78 Å². The molecule has 2 N–H and O–H groups in total. The standard InChI is InChI=1S/C15H18F2N2/c1-19(10-15(16)17)9-14(18)13-7-6-11-4-2-3-5-12(11)8-13/h2-8,14-15H,9-10,18H2,1H3. The Bertz CT molecular complexity index is 542. The zero-order valence-electron chi connectivity index (χ0n) is 10.9. The number of fused-ring (bicyclic) bond motifs is 1. The maximum Gasteiger partial charge on any atom is 0.251 e. The number of alkyl halides is 2. The monoisotopic (exact) mass is 264 g/mol. The van der Waals surface area contributed by atoms with Gasteiger partial charge in [-0.25, -0.2) is 8.78 Å². The van der Waals surface area contributed by atoms with Gasteiger partial charge in [0.1, 0.15) is 0 Å². The summed E-state index contributed by atoms with van der Waals surface area (Å²) in [6.07, 6.45) is -2.33. The molecule has 2 aromatic rings. The largest absolute Gasteiger partial charge is 0.323 e. The highest BCUT2D eigenvalue weighted by Gasteiger charge is 2.13. The summed E-state index contributed by atoms with van der Waals surface area (Å²) >= 11 is 0. The molecule has 0 heterocycles. The van der Waals surface area contributed by atoms with Gasteiger partial charge in [-0.2, -0.15) is 0 Å². The first-order valence-corrected chi connectivity index (χ1v) is 6.27. The van der Waals surface area contributed by atoms with Crippen molar-refractivity contribution in [2.75, 3.05) is 20.1 Å². The van der Waals surface area contributed by atoms with E-state index in [9.17, 15) is 8.78 Å². The second-order valence-corrected chi connectivity index (χ2v) is 4.83. The molecule has 0 aliphatic carbocycles. The molecular weight excluding hydrogens is 246 g/mol. The lowest BCUT2D eigenvalue weighted by atomic mass is 10.0. The number of nitrogens with two attached hydrogens (primary N) is 1. The Labute approximate surface area is 111 Å². The molecule has 102 valence electrons. The highest BCUT2D eigenvalue weighted by atomic mass is 19.3. The van der Waals surface area contributed by atoms with Gasteiger partial charge in [0.15, 0.2) is 0 Å². The summed E-state index contributed by atoms with van der Waals surface area (Å²) in [5.41, 5.74) is 7.05. The fourth-order valence-electron chi connectivity index (χ4n) is 2.19. The second kappa shape index (κ2) is 6.08. The highest BCUT2D eigenvalue weighted by Crippen LogP contribution is 2.19. The lowest BCUT2D eigenvalue weighted by molar-refractivity contribution is 0.0978. The lowest BCUT2D eigenvalue weighted by Crippen LogP contribution is -2.32. The van der Waals surface area contributed by atoms with E-state index in [1.165, 1.54) is 0 Å². The zero-order chi connectivity index (χ0) is 13.8. The molecule has 0 spiro atoms. The SMILES string of the molecule is CN(CC(F)F)CC(N)c1ccc2ccccc2c1. The third-order valence-electron chi connectivity index (χ3n) is 3.16. The van der Waals surface area contributed by atoms with Crippen LogP contribution in [0.5, 0.6) is 0 Å². The van der Waals surface area contributed by atoms with Gasteiger partial charge in [-0.1, -0.05) is 36.4 Å². The summed E-state index contributed by atoms with van der Waals surface area (Å²) < 4.78 is 24.5. The van der Waals surface area contributed by atoms with Crippen molar-refractivity contribution in [2.24, 2.45) is 5.73 Å². The number of hydrogen-bond acceptors (Lipinski definition) is 2. The number of rotatable bonds is 5. The third kappa shape index (κ3) is 3.72. The van der Waals surface area contributed by atoms with E-state index in [4.69, 9.17) is 5.73 Å². The van der Waals surface area contributed by atoms with Crippen LogP contribution in [0.15, 0.2) is 42.5 Å². The fourth-order valence-corrected chi connectivity index (χ4v) is 2.19. The van der Waals surface area contributed by atoms with Crippen molar-refractivity contribution >= 4 is 10.8 Å². The zero-order valence-corrected chi connectivity index (χ0v) is 10.9. The van der Waals surface area contributed by atoms with E-state index < -0.39 is 6.43 Å². The molecule has 0 aliphatic heterocycles. The summed E-state index contributed by atoms with van der Waals surface area (Å²) in [6.45, 7) is 0.171. The van der Waals surface area contributed by atoms with Gasteiger partial charge < -0.3 is 5.73 Å². The molecule has 0 aromatic heterocycles. The van der Waals surface area contributed by atoms with E-state index in [0.717, 1.165) is 16.3 Å². The molecule has 0 fully saturated rings. The summed E-state index contributed by atoms with van der Waals surface area (Å²) in [6, 6.07) is 13.8. The van der Waals surface area contributed by atoms with Crippen molar-refractivity contribution < 1.29 is 8.78 Å². The molecule has 2 aromatic carbocycles. The van der Waals surface area contributed by atoms with Crippen LogP contribution in [0.2, 0.25) is 0 Å². The normalized spacial score (nSPS) is 13.4. The van der Waals surface area contributed by atoms with E-state index in [-0.39, 0.29) is 12.6 Å². The van der Waals surface area contributed by atoms with Crippen LogP contribution in [0.1, 0.15) is 11.6 Å².